The first-order valence-corrected chi connectivity index (χ1v) is 4.67. The summed E-state index contributed by atoms with van der Waals surface area (Å²) in [6.45, 7) is 6.17. The van der Waals surface area contributed by atoms with Gasteiger partial charge in [-0.25, -0.2) is 0 Å². The van der Waals surface area contributed by atoms with Crippen LogP contribution in [0.1, 0.15) is 40.0 Å². The van der Waals surface area contributed by atoms with Crippen LogP contribution in [-0.4, -0.2) is 18.0 Å². The minimum Gasteiger partial charge on any atom is -0.395 e. The molecule has 0 aliphatic rings. The van der Waals surface area contributed by atoms with Crippen molar-refractivity contribution in [2.24, 2.45) is 11.3 Å². The lowest BCUT2D eigenvalue weighted by Gasteiger charge is -2.26. The third-order valence-electron chi connectivity index (χ3n) is 2.13. The molecule has 0 aromatic heterocycles. The molecular formula is C10H20O2. The second-order valence-corrected chi connectivity index (χ2v) is 3.99. The lowest BCUT2D eigenvalue weighted by molar-refractivity contribution is -0.119. The van der Waals surface area contributed by atoms with E-state index in [1.54, 1.807) is 0 Å². The number of carbonyl (C=O) groups excluding carboxylic acids is 1. The van der Waals surface area contributed by atoms with E-state index in [0.717, 1.165) is 25.5 Å². The molecule has 0 aromatic rings. The first kappa shape index (κ1) is 11.6. The summed E-state index contributed by atoms with van der Waals surface area (Å²) in [6.07, 6.45) is 3.47. The number of rotatable bonds is 6. The fourth-order valence-corrected chi connectivity index (χ4v) is 1.70. The van der Waals surface area contributed by atoms with Gasteiger partial charge in [-0.1, -0.05) is 27.2 Å². The highest BCUT2D eigenvalue weighted by atomic mass is 16.3. The number of hydrogen-bond acceptors (Lipinski definition) is 2. The molecule has 0 spiro atoms. The lowest BCUT2D eigenvalue weighted by atomic mass is 9.78. The second kappa shape index (κ2) is 5.31. The van der Waals surface area contributed by atoms with Crippen LogP contribution in [0.5, 0.6) is 0 Å². The average molecular weight is 172 g/mol. The molecule has 0 heterocycles. The fourth-order valence-electron chi connectivity index (χ4n) is 1.70. The summed E-state index contributed by atoms with van der Waals surface area (Å²) in [5.41, 5.74) is -0.469. The minimum atomic E-state index is -0.469. The third-order valence-corrected chi connectivity index (χ3v) is 2.13. The van der Waals surface area contributed by atoms with E-state index in [1.807, 2.05) is 6.92 Å². The summed E-state index contributed by atoms with van der Waals surface area (Å²) >= 11 is 0. The molecule has 72 valence electrons. The molecular weight excluding hydrogens is 152 g/mol. The van der Waals surface area contributed by atoms with Crippen LogP contribution in [0.15, 0.2) is 0 Å². The van der Waals surface area contributed by atoms with E-state index in [4.69, 9.17) is 5.11 Å². The topological polar surface area (TPSA) is 37.3 Å². The lowest BCUT2D eigenvalue weighted by Crippen LogP contribution is -2.28. The van der Waals surface area contributed by atoms with E-state index < -0.39 is 5.41 Å². The van der Waals surface area contributed by atoms with Crippen molar-refractivity contribution in [2.45, 2.75) is 40.0 Å². The summed E-state index contributed by atoms with van der Waals surface area (Å²) in [5, 5.41) is 9.13. The van der Waals surface area contributed by atoms with Crippen molar-refractivity contribution in [2.75, 3.05) is 6.61 Å². The van der Waals surface area contributed by atoms with Crippen LogP contribution in [0.3, 0.4) is 0 Å². The van der Waals surface area contributed by atoms with Gasteiger partial charge in [-0.05, 0) is 18.8 Å². The van der Waals surface area contributed by atoms with E-state index >= 15 is 0 Å². The Hall–Kier alpha value is -0.370. The molecule has 0 aromatic carbocycles. The molecule has 0 aliphatic heterocycles. The Kier molecular flexibility index (Phi) is 5.14. The normalized spacial score (nSPS) is 16.1. The van der Waals surface area contributed by atoms with Crippen molar-refractivity contribution in [3.05, 3.63) is 0 Å². The Morgan fingerprint density at radius 3 is 2.33 bits per heavy atom. The molecule has 12 heavy (non-hydrogen) atoms. The van der Waals surface area contributed by atoms with E-state index in [1.165, 1.54) is 0 Å². The standard InChI is InChI=1S/C10H20O2/c1-4-5-10(7-11,8-12)6-9(2)3/h7,9,12H,4-6,8H2,1-3H3. The first-order chi connectivity index (χ1) is 5.60. The Balaban J connectivity index is 4.23. The summed E-state index contributed by atoms with van der Waals surface area (Å²) in [6, 6.07) is 0. The van der Waals surface area contributed by atoms with Gasteiger partial charge in [0, 0.05) is 5.41 Å². The maximum atomic E-state index is 10.8. The molecule has 0 saturated heterocycles. The summed E-state index contributed by atoms with van der Waals surface area (Å²) in [5.74, 6) is 0.467. The molecule has 0 aliphatic carbocycles. The molecule has 0 saturated carbocycles. The zero-order valence-corrected chi connectivity index (χ0v) is 8.34. The average Bonchev–Trinajstić information content (AvgIpc) is 2.03. The van der Waals surface area contributed by atoms with Gasteiger partial charge in [-0.15, -0.1) is 0 Å². The van der Waals surface area contributed by atoms with Crippen LogP contribution in [0, 0.1) is 11.3 Å². The molecule has 0 bridgehead atoms. The minimum absolute atomic E-state index is 0.0114. The van der Waals surface area contributed by atoms with Crippen LogP contribution in [0.2, 0.25) is 0 Å². The molecule has 1 unspecified atom stereocenters. The molecule has 2 heteroatoms. The summed E-state index contributed by atoms with van der Waals surface area (Å²) in [4.78, 5) is 10.8. The quantitative estimate of drug-likeness (QED) is 0.622. The Labute approximate surface area is 75.0 Å². The Morgan fingerprint density at radius 2 is 2.08 bits per heavy atom. The number of aliphatic hydroxyl groups is 1. The largest absolute Gasteiger partial charge is 0.395 e. The highest BCUT2D eigenvalue weighted by Crippen LogP contribution is 2.28. The van der Waals surface area contributed by atoms with E-state index in [2.05, 4.69) is 13.8 Å². The molecule has 0 amide bonds. The zero-order chi connectivity index (χ0) is 9.61. The molecule has 0 fully saturated rings. The second-order valence-electron chi connectivity index (χ2n) is 3.99. The maximum absolute atomic E-state index is 10.8. The number of carbonyl (C=O) groups is 1. The number of aliphatic hydroxyl groups excluding tert-OH is 1. The zero-order valence-electron chi connectivity index (χ0n) is 8.34. The number of aldehydes is 1. The highest BCUT2D eigenvalue weighted by molar-refractivity contribution is 5.59. The van der Waals surface area contributed by atoms with E-state index in [0.29, 0.717) is 5.92 Å². The predicted molar refractivity (Wildman–Crippen MR) is 49.9 cm³/mol. The number of hydrogen-bond donors (Lipinski definition) is 1. The van der Waals surface area contributed by atoms with Crippen LogP contribution in [0.25, 0.3) is 0 Å². The van der Waals surface area contributed by atoms with Crippen LogP contribution < -0.4 is 0 Å². The van der Waals surface area contributed by atoms with E-state index in [-0.39, 0.29) is 6.61 Å². The Bertz CT molecular complexity index is 132. The predicted octanol–water partition coefficient (Wildman–Crippen LogP) is 2.01. The molecule has 2 nitrogen and oxygen atoms in total. The van der Waals surface area contributed by atoms with Gasteiger partial charge in [0.15, 0.2) is 0 Å². The van der Waals surface area contributed by atoms with Gasteiger partial charge in [0.05, 0.1) is 6.61 Å². The van der Waals surface area contributed by atoms with Crippen molar-refractivity contribution in [3.8, 4) is 0 Å². The highest BCUT2D eigenvalue weighted by Gasteiger charge is 2.28. The van der Waals surface area contributed by atoms with Gasteiger partial charge in [0.2, 0.25) is 0 Å². The Morgan fingerprint density at radius 1 is 1.50 bits per heavy atom. The molecule has 0 radical (unpaired) electrons. The molecule has 1 N–H and O–H groups in total. The van der Waals surface area contributed by atoms with Gasteiger partial charge in [-0.3, -0.25) is 0 Å². The van der Waals surface area contributed by atoms with E-state index in [9.17, 15) is 4.79 Å². The monoisotopic (exact) mass is 172 g/mol. The maximum Gasteiger partial charge on any atom is 0.128 e. The molecule has 0 rings (SSSR count). The molecule has 1 atom stereocenters. The van der Waals surface area contributed by atoms with Gasteiger partial charge in [-0.2, -0.15) is 0 Å². The van der Waals surface area contributed by atoms with Crippen molar-refractivity contribution in [3.63, 3.8) is 0 Å². The first-order valence-electron chi connectivity index (χ1n) is 4.67. The van der Waals surface area contributed by atoms with Crippen LogP contribution in [-0.2, 0) is 4.79 Å². The van der Waals surface area contributed by atoms with Crippen molar-refractivity contribution in [1.29, 1.82) is 0 Å². The SMILES string of the molecule is CCCC(C=O)(CO)CC(C)C. The summed E-state index contributed by atoms with van der Waals surface area (Å²) in [7, 11) is 0. The van der Waals surface area contributed by atoms with Gasteiger partial charge < -0.3 is 9.90 Å². The third kappa shape index (κ3) is 3.35. The van der Waals surface area contributed by atoms with Gasteiger partial charge >= 0.3 is 0 Å². The summed E-state index contributed by atoms with van der Waals surface area (Å²) < 4.78 is 0. The smallest absolute Gasteiger partial charge is 0.128 e. The van der Waals surface area contributed by atoms with Crippen LogP contribution >= 0.6 is 0 Å². The van der Waals surface area contributed by atoms with Gasteiger partial charge in [0.25, 0.3) is 0 Å². The van der Waals surface area contributed by atoms with Gasteiger partial charge in [0.1, 0.15) is 6.29 Å². The van der Waals surface area contributed by atoms with Crippen molar-refractivity contribution < 1.29 is 9.90 Å². The van der Waals surface area contributed by atoms with Crippen molar-refractivity contribution >= 4 is 6.29 Å². The van der Waals surface area contributed by atoms with Crippen molar-refractivity contribution in [1.82, 2.24) is 0 Å². The fraction of sp³-hybridized carbons (Fsp3) is 0.900. The van der Waals surface area contributed by atoms with Crippen LogP contribution in [0.4, 0.5) is 0 Å².